The fourth-order valence-electron chi connectivity index (χ4n) is 6.54. The summed E-state index contributed by atoms with van der Waals surface area (Å²) < 4.78 is 0.965. The Labute approximate surface area is 243 Å². The van der Waals surface area contributed by atoms with E-state index in [1.165, 1.54) is 22.1 Å². The minimum absolute atomic E-state index is 0.270. The van der Waals surface area contributed by atoms with E-state index < -0.39 is 5.60 Å². The molecule has 194 valence electrons. The maximum absolute atomic E-state index is 12.9. The largest absolute Gasteiger partial charge is 0.376 e. The average Bonchev–Trinajstić information content (AvgIpc) is 3.24. The summed E-state index contributed by atoms with van der Waals surface area (Å²) >= 11 is 3.69. The van der Waals surface area contributed by atoms with Crippen molar-refractivity contribution in [1.82, 2.24) is 0 Å². The molecule has 0 fully saturated rings. The predicted octanol–water partition coefficient (Wildman–Crippen LogP) is 9.63. The Morgan fingerprint density at radius 2 is 1.12 bits per heavy atom. The van der Waals surface area contributed by atoms with Crippen molar-refractivity contribution in [1.29, 1.82) is 0 Å². The third kappa shape index (κ3) is 4.20. The third-order valence-corrected chi connectivity index (χ3v) is 8.94. The molecule has 1 atom stereocenters. The van der Waals surface area contributed by atoms with Gasteiger partial charge in [-0.15, -0.1) is 0 Å². The van der Waals surface area contributed by atoms with Crippen LogP contribution in [0.5, 0.6) is 0 Å². The Morgan fingerprint density at radius 1 is 0.550 bits per heavy atom. The zero-order valence-corrected chi connectivity index (χ0v) is 23.7. The first-order valence-corrected chi connectivity index (χ1v) is 14.7. The molecule has 7 rings (SSSR count). The summed E-state index contributed by atoms with van der Waals surface area (Å²) in [5, 5.41) is 15.2. The quantitative estimate of drug-likeness (QED) is 0.208. The average molecular weight is 582 g/mol. The molecule has 0 bridgehead atoms. The van der Waals surface area contributed by atoms with E-state index in [-0.39, 0.29) is 5.92 Å². The van der Waals surface area contributed by atoms with E-state index in [0.29, 0.717) is 0 Å². The van der Waals surface area contributed by atoms with Gasteiger partial charge in [0.1, 0.15) is 5.60 Å². The first-order chi connectivity index (χ1) is 19.6. The Kier molecular flexibility index (Phi) is 6.38. The highest BCUT2D eigenvalue weighted by Crippen LogP contribution is 2.53. The number of rotatable bonds is 6. The number of hydrogen-bond donors (Lipinski definition) is 1. The molecule has 1 unspecified atom stereocenters. The number of aliphatic hydroxyl groups is 1. The Morgan fingerprint density at radius 3 is 1.82 bits per heavy atom. The maximum Gasteiger partial charge on any atom is 0.142 e. The zero-order valence-electron chi connectivity index (χ0n) is 22.1. The van der Waals surface area contributed by atoms with E-state index in [2.05, 4.69) is 155 Å². The molecule has 0 aliphatic heterocycles. The van der Waals surface area contributed by atoms with Crippen LogP contribution in [0.2, 0.25) is 0 Å². The van der Waals surface area contributed by atoms with Gasteiger partial charge < -0.3 is 5.11 Å². The Bertz CT molecular complexity index is 1790. The van der Waals surface area contributed by atoms with Gasteiger partial charge in [0.15, 0.2) is 0 Å². The van der Waals surface area contributed by atoms with Crippen LogP contribution in [-0.4, -0.2) is 5.11 Å². The van der Waals surface area contributed by atoms with Crippen LogP contribution in [0.1, 0.15) is 45.7 Å². The third-order valence-electron chi connectivity index (χ3n) is 8.45. The normalized spacial score (nSPS) is 15.8. The van der Waals surface area contributed by atoms with Gasteiger partial charge in [-0.2, -0.15) is 0 Å². The molecular weight excluding hydrogens is 552 g/mol. The second kappa shape index (κ2) is 10.2. The van der Waals surface area contributed by atoms with Gasteiger partial charge in [-0.1, -0.05) is 131 Å². The molecule has 6 aromatic rings. The van der Waals surface area contributed by atoms with Crippen molar-refractivity contribution < 1.29 is 5.11 Å². The molecule has 0 spiro atoms. The van der Waals surface area contributed by atoms with Crippen molar-refractivity contribution in [2.45, 2.75) is 24.4 Å². The van der Waals surface area contributed by atoms with Gasteiger partial charge in [0.25, 0.3) is 0 Å². The van der Waals surface area contributed by atoms with Gasteiger partial charge in [-0.05, 0) is 81.3 Å². The lowest BCUT2D eigenvalue weighted by Gasteiger charge is -2.30. The zero-order chi connectivity index (χ0) is 27.1. The van der Waals surface area contributed by atoms with Crippen LogP contribution < -0.4 is 0 Å². The number of aryl methyl sites for hydroxylation is 1. The van der Waals surface area contributed by atoms with Crippen LogP contribution in [0, 0.1) is 0 Å². The van der Waals surface area contributed by atoms with Crippen LogP contribution in [0.3, 0.4) is 0 Å². The molecule has 6 aromatic carbocycles. The van der Waals surface area contributed by atoms with Crippen molar-refractivity contribution in [2.75, 3.05) is 0 Å². The smallest absolute Gasteiger partial charge is 0.142 e. The van der Waals surface area contributed by atoms with E-state index in [1.807, 2.05) is 0 Å². The predicted molar refractivity (Wildman–Crippen MR) is 169 cm³/mol. The van der Waals surface area contributed by atoms with E-state index in [4.69, 9.17) is 0 Å². The van der Waals surface area contributed by atoms with Crippen molar-refractivity contribution in [3.05, 3.63) is 177 Å². The van der Waals surface area contributed by atoms with Gasteiger partial charge in [0.05, 0.1) is 0 Å². The van der Waals surface area contributed by atoms with Gasteiger partial charge in [-0.3, -0.25) is 0 Å². The van der Waals surface area contributed by atoms with Gasteiger partial charge in [0.2, 0.25) is 0 Å². The van der Waals surface area contributed by atoms with Crippen LogP contribution >= 0.6 is 15.9 Å². The highest BCUT2D eigenvalue weighted by atomic mass is 79.9. The Balaban J connectivity index is 1.35. The molecule has 1 N–H and O–H groups in total. The summed E-state index contributed by atoms with van der Waals surface area (Å²) in [6.07, 6.45) is 1.79. The van der Waals surface area contributed by atoms with Crippen molar-refractivity contribution in [3.63, 3.8) is 0 Å². The minimum atomic E-state index is -1.25. The lowest BCUT2D eigenvalue weighted by Crippen LogP contribution is -2.28. The molecule has 0 radical (unpaired) electrons. The summed E-state index contributed by atoms with van der Waals surface area (Å²) in [5.41, 5.74) is 7.60. The highest BCUT2D eigenvalue weighted by molar-refractivity contribution is 9.10. The number of hydrogen-bond acceptors (Lipinski definition) is 1. The molecule has 0 saturated heterocycles. The minimum Gasteiger partial charge on any atom is -0.376 e. The molecule has 0 heterocycles. The second-order valence-corrected chi connectivity index (χ2v) is 11.6. The molecule has 0 aromatic heterocycles. The van der Waals surface area contributed by atoms with E-state index in [1.54, 1.807) is 0 Å². The van der Waals surface area contributed by atoms with Gasteiger partial charge >= 0.3 is 0 Å². The first kappa shape index (κ1) is 25.0. The Hall–Kier alpha value is -3.98. The summed E-state index contributed by atoms with van der Waals surface area (Å²) in [5.74, 6) is 0.270. The molecule has 1 nitrogen and oxygen atoms in total. The fraction of sp³-hybridized carbons (Fsp3) is 0.105. The molecule has 2 heteroatoms. The molecular formula is C38H29BrO. The first-order valence-electron chi connectivity index (χ1n) is 13.9. The summed E-state index contributed by atoms with van der Waals surface area (Å²) in [6.45, 7) is 0. The van der Waals surface area contributed by atoms with E-state index in [0.717, 1.165) is 50.5 Å². The lowest BCUT2D eigenvalue weighted by atomic mass is 9.79. The van der Waals surface area contributed by atoms with E-state index in [9.17, 15) is 5.11 Å². The van der Waals surface area contributed by atoms with Crippen molar-refractivity contribution in [3.8, 4) is 11.1 Å². The number of fused-ring (bicyclic) bond motifs is 4. The van der Waals surface area contributed by atoms with E-state index >= 15 is 0 Å². The molecule has 1 aliphatic rings. The second-order valence-electron chi connectivity index (χ2n) is 10.7. The summed E-state index contributed by atoms with van der Waals surface area (Å²) in [6, 6.07) is 49.1. The number of benzene rings is 6. The molecule has 0 saturated carbocycles. The monoisotopic (exact) mass is 580 g/mol. The number of halogens is 1. The summed E-state index contributed by atoms with van der Waals surface area (Å²) in [7, 11) is 0. The van der Waals surface area contributed by atoms with Crippen molar-refractivity contribution in [2.24, 2.45) is 0 Å². The van der Waals surface area contributed by atoms with Gasteiger partial charge in [0, 0.05) is 21.5 Å². The van der Waals surface area contributed by atoms with Crippen LogP contribution in [0.15, 0.2) is 144 Å². The molecule has 40 heavy (non-hydrogen) atoms. The fourth-order valence-corrected chi connectivity index (χ4v) is 6.90. The van der Waals surface area contributed by atoms with Crippen LogP contribution in [0.4, 0.5) is 0 Å². The SMILES string of the molecule is OC1(c2ccccc2CCC(c2ccccc2)c2ccccc2)c2cc(Br)ccc2-c2cc3ccccc3cc21. The van der Waals surface area contributed by atoms with Crippen LogP contribution in [-0.2, 0) is 12.0 Å². The topological polar surface area (TPSA) is 20.2 Å². The molecule has 1 aliphatic carbocycles. The lowest BCUT2D eigenvalue weighted by molar-refractivity contribution is 0.129. The van der Waals surface area contributed by atoms with Crippen molar-refractivity contribution >= 4 is 26.7 Å². The molecule has 0 amide bonds. The standard InChI is InChI=1S/C38H29BrO/c39-31-20-22-33-34-23-29-16-7-8-17-30(29)24-36(34)38(40,37(33)25-31)35-18-10-9-15-28(35)19-21-32(26-11-3-1-4-12-26)27-13-5-2-6-14-27/h1-18,20,22-25,32,40H,19,21H2. The van der Waals surface area contributed by atoms with Gasteiger partial charge in [-0.25, -0.2) is 0 Å². The maximum atomic E-state index is 12.9. The van der Waals surface area contributed by atoms with Crippen LogP contribution in [0.25, 0.3) is 21.9 Å². The highest BCUT2D eigenvalue weighted by Gasteiger charge is 2.44. The summed E-state index contributed by atoms with van der Waals surface area (Å²) in [4.78, 5) is 0.